The third kappa shape index (κ3) is 3.50. The molecule has 0 spiro atoms. The highest BCUT2D eigenvalue weighted by Gasteiger charge is 2.36. The fourth-order valence-corrected chi connectivity index (χ4v) is 4.90. The molecule has 3 aromatic rings. The van der Waals surface area contributed by atoms with Crippen molar-refractivity contribution in [1.82, 2.24) is 29.2 Å². The second-order valence-electron chi connectivity index (χ2n) is 6.53. The van der Waals surface area contributed by atoms with Gasteiger partial charge in [-0.25, -0.2) is 8.42 Å². The molecule has 3 aromatic heterocycles. The van der Waals surface area contributed by atoms with Crippen LogP contribution in [0, 0.1) is 0 Å². The van der Waals surface area contributed by atoms with E-state index in [-0.39, 0.29) is 4.90 Å². The maximum Gasteiger partial charge on any atom is 0.261 e. The average molecular weight is 388 g/mol. The Morgan fingerprint density at radius 3 is 2.85 bits per heavy atom. The van der Waals surface area contributed by atoms with E-state index in [1.165, 1.54) is 10.5 Å². The van der Waals surface area contributed by atoms with E-state index in [9.17, 15) is 8.42 Å². The third-order valence-electron chi connectivity index (χ3n) is 4.64. The summed E-state index contributed by atoms with van der Waals surface area (Å²) >= 11 is 0. The van der Waals surface area contributed by atoms with E-state index in [1.807, 2.05) is 0 Å². The van der Waals surface area contributed by atoms with Gasteiger partial charge in [0.2, 0.25) is 10.0 Å². The number of rotatable bonds is 4. The topological polar surface area (TPSA) is 107 Å². The number of pyridine rings is 1. The van der Waals surface area contributed by atoms with E-state index < -0.39 is 16.1 Å². The zero-order chi connectivity index (χ0) is 18.9. The molecule has 27 heavy (non-hydrogen) atoms. The number of hydrogen-bond acceptors (Lipinski definition) is 7. The van der Waals surface area contributed by atoms with E-state index in [0.29, 0.717) is 30.2 Å². The summed E-state index contributed by atoms with van der Waals surface area (Å²) in [5.74, 6) is 0.712. The van der Waals surface area contributed by atoms with Gasteiger partial charge >= 0.3 is 0 Å². The average Bonchev–Trinajstić information content (AvgIpc) is 3.25. The molecule has 0 amide bonds. The van der Waals surface area contributed by atoms with Gasteiger partial charge in [0.1, 0.15) is 4.90 Å². The largest absolute Gasteiger partial charge is 0.334 e. The second kappa shape index (κ2) is 7.20. The molecule has 0 bridgehead atoms. The molecule has 4 heterocycles. The molecule has 4 rings (SSSR count). The van der Waals surface area contributed by atoms with Crippen LogP contribution in [0.25, 0.3) is 11.5 Å². The molecule has 0 radical (unpaired) electrons. The maximum atomic E-state index is 13.2. The van der Waals surface area contributed by atoms with Crippen molar-refractivity contribution in [2.24, 2.45) is 7.05 Å². The Bertz CT molecular complexity index is 1010. The highest BCUT2D eigenvalue weighted by atomic mass is 32.2. The zero-order valence-corrected chi connectivity index (χ0v) is 15.7. The summed E-state index contributed by atoms with van der Waals surface area (Å²) in [7, 11) is -1.90. The van der Waals surface area contributed by atoms with E-state index in [2.05, 4.69) is 20.2 Å². The van der Waals surface area contributed by atoms with Gasteiger partial charge < -0.3 is 4.52 Å². The first-order valence-corrected chi connectivity index (χ1v) is 10.2. The molecule has 0 aromatic carbocycles. The lowest BCUT2D eigenvalue weighted by atomic mass is 10.1. The Balaban J connectivity index is 1.70. The molecule has 1 saturated heterocycles. The van der Waals surface area contributed by atoms with Gasteiger partial charge in [0, 0.05) is 32.2 Å². The number of nitrogens with zero attached hydrogens (tertiary/aromatic N) is 6. The predicted octanol–water partition coefficient (Wildman–Crippen LogP) is 2.17. The number of sulfonamides is 1. The molecule has 0 N–H and O–H groups in total. The summed E-state index contributed by atoms with van der Waals surface area (Å²) < 4.78 is 34.9. The minimum atomic E-state index is -3.70. The zero-order valence-electron chi connectivity index (χ0n) is 14.9. The van der Waals surface area contributed by atoms with Crippen LogP contribution < -0.4 is 0 Å². The Morgan fingerprint density at radius 1 is 1.22 bits per heavy atom. The molecule has 0 aliphatic carbocycles. The van der Waals surface area contributed by atoms with Crippen LogP contribution in [0.4, 0.5) is 0 Å². The van der Waals surface area contributed by atoms with Crippen molar-refractivity contribution in [2.45, 2.75) is 36.6 Å². The van der Waals surface area contributed by atoms with E-state index in [4.69, 9.17) is 4.52 Å². The van der Waals surface area contributed by atoms with Crippen molar-refractivity contribution in [1.29, 1.82) is 0 Å². The van der Waals surface area contributed by atoms with Crippen LogP contribution in [-0.2, 0) is 17.1 Å². The Hall–Kier alpha value is -2.59. The molecule has 1 fully saturated rings. The highest BCUT2D eigenvalue weighted by Crippen LogP contribution is 2.34. The van der Waals surface area contributed by atoms with Crippen molar-refractivity contribution >= 4 is 10.0 Å². The first kappa shape index (κ1) is 17.8. The van der Waals surface area contributed by atoms with Crippen LogP contribution in [0.1, 0.15) is 37.5 Å². The van der Waals surface area contributed by atoms with Crippen molar-refractivity contribution < 1.29 is 12.9 Å². The van der Waals surface area contributed by atoms with Gasteiger partial charge in [-0.3, -0.25) is 9.67 Å². The lowest BCUT2D eigenvalue weighted by Gasteiger charge is -2.26. The first-order chi connectivity index (χ1) is 13.1. The fourth-order valence-electron chi connectivity index (χ4n) is 3.28. The summed E-state index contributed by atoms with van der Waals surface area (Å²) in [5.41, 5.74) is 0.700. The number of hydrogen-bond donors (Lipinski definition) is 0. The van der Waals surface area contributed by atoms with Crippen LogP contribution in [0.3, 0.4) is 0 Å². The Labute approximate surface area is 157 Å². The highest BCUT2D eigenvalue weighted by molar-refractivity contribution is 7.89. The predicted molar refractivity (Wildman–Crippen MR) is 95.8 cm³/mol. The van der Waals surface area contributed by atoms with Crippen LogP contribution in [0.5, 0.6) is 0 Å². The van der Waals surface area contributed by atoms with Gasteiger partial charge in [0.05, 0.1) is 17.8 Å². The summed E-state index contributed by atoms with van der Waals surface area (Å²) in [6, 6.07) is 2.71. The molecule has 1 atom stereocenters. The van der Waals surface area contributed by atoms with Crippen LogP contribution in [0.2, 0.25) is 0 Å². The SMILES string of the molecule is Cn1cc(-c2nc([C@@H]3CCCCCN3S(=O)(=O)c3cccnc3)no2)cn1. The molecule has 10 heteroatoms. The Kier molecular flexibility index (Phi) is 4.75. The van der Waals surface area contributed by atoms with Crippen molar-refractivity contribution in [3.8, 4) is 11.5 Å². The molecular formula is C17H20N6O3S. The smallest absolute Gasteiger partial charge is 0.261 e. The standard InChI is InChI=1S/C17H20N6O3S/c1-22-12-13(10-19-22)17-20-16(21-26-17)15-7-3-2-4-9-23(15)27(24,25)14-6-5-8-18-11-14/h5-6,8,10-12,15H,2-4,7,9H2,1H3/t15-/m0/s1. The lowest BCUT2D eigenvalue weighted by molar-refractivity contribution is 0.305. The third-order valence-corrected chi connectivity index (χ3v) is 6.53. The van der Waals surface area contributed by atoms with Crippen molar-refractivity contribution in [2.75, 3.05) is 6.54 Å². The van der Waals surface area contributed by atoms with Gasteiger partial charge in [-0.15, -0.1) is 0 Å². The first-order valence-electron chi connectivity index (χ1n) is 8.80. The summed E-state index contributed by atoms with van der Waals surface area (Å²) in [6.45, 7) is 0.415. The minimum absolute atomic E-state index is 0.174. The number of aromatic nitrogens is 5. The van der Waals surface area contributed by atoms with Crippen molar-refractivity contribution in [3.63, 3.8) is 0 Å². The molecular weight excluding hydrogens is 368 g/mol. The molecule has 0 saturated carbocycles. The number of aryl methyl sites for hydroxylation is 1. The second-order valence-corrected chi connectivity index (χ2v) is 8.42. The minimum Gasteiger partial charge on any atom is -0.334 e. The van der Waals surface area contributed by atoms with Gasteiger partial charge in [-0.05, 0) is 25.0 Å². The Morgan fingerprint density at radius 2 is 2.11 bits per heavy atom. The molecule has 1 aliphatic rings. The molecule has 142 valence electrons. The van der Waals surface area contributed by atoms with Gasteiger partial charge in [0.15, 0.2) is 5.82 Å². The van der Waals surface area contributed by atoms with E-state index in [1.54, 1.807) is 42.5 Å². The quantitative estimate of drug-likeness (QED) is 0.674. The molecule has 0 unspecified atom stereocenters. The monoisotopic (exact) mass is 388 g/mol. The van der Waals surface area contributed by atoms with Crippen LogP contribution in [-0.4, -0.2) is 44.2 Å². The fraction of sp³-hybridized carbons (Fsp3) is 0.412. The van der Waals surface area contributed by atoms with Gasteiger partial charge in [-0.1, -0.05) is 18.0 Å². The normalized spacial score (nSPS) is 19.1. The van der Waals surface area contributed by atoms with Gasteiger partial charge in [0.25, 0.3) is 5.89 Å². The summed E-state index contributed by atoms with van der Waals surface area (Å²) in [5, 5.41) is 8.18. The van der Waals surface area contributed by atoms with Crippen molar-refractivity contribution in [3.05, 3.63) is 42.7 Å². The van der Waals surface area contributed by atoms with E-state index in [0.717, 1.165) is 19.3 Å². The summed E-state index contributed by atoms with van der Waals surface area (Å²) in [6.07, 6.45) is 9.63. The summed E-state index contributed by atoms with van der Waals surface area (Å²) in [4.78, 5) is 8.59. The van der Waals surface area contributed by atoms with Crippen LogP contribution in [0.15, 0.2) is 46.3 Å². The van der Waals surface area contributed by atoms with E-state index >= 15 is 0 Å². The molecule has 9 nitrogen and oxygen atoms in total. The van der Waals surface area contributed by atoms with Gasteiger partial charge in [-0.2, -0.15) is 14.4 Å². The van der Waals surface area contributed by atoms with Crippen LogP contribution >= 0.6 is 0 Å². The molecule has 1 aliphatic heterocycles. The maximum absolute atomic E-state index is 13.2. The lowest BCUT2D eigenvalue weighted by Crippen LogP contribution is -2.35.